The first-order valence-electron chi connectivity index (χ1n) is 47.1. The van der Waals surface area contributed by atoms with E-state index in [-0.39, 0.29) is 60.8 Å². The molecule has 9 aromatic rings. The van der Waals surface area contributed by atoms with Gasteiger partial charge >= 0.3 is 17.9 Å². The molecule has 3 aromatic heterocycles. The number of rotatable bonds is 25. The second-order valence-electron chi connectivity index (χ2n) is 37.9. The number of morpholine rings is 1. The van der Waals surface area contributed by atoms with Crippen molar-refractivity contribution in [2.24, 2.45) is 28.6 Å². The van der Waals surface area contributed by atoms with Gasteiger partial charge in [0.25, 0.3) is 0 Å². The van der Waals surface area contributed by atoms with Crippen LogP contribution < -0.4 is 28.9 Å². The fraction of sp³-hybridized carbons (Fsp3) is 0.486. The summed E-state index contributed by atoms with van der Waals surface area (Å²) in [5.41, 5.74) is 19.1. The van der Waals surface area contributed by atoms with Crippen LogP contribution in [0, 0.1) is 67.9 Å². The summed E-state index contributed by atoms with van der Waals surface area (Å²) < 4.78 is 83.1. The maximum atomic E-state index is 15.4. The zero-order valence-corrected chi connectivity index (χ0v) is 76.0. The van der Waals surface area contributed by atoms with Gasteiger partial charge in [-0.3, -0.25) is 29.1 Å². The molecule has 21 rings (SSSR count). The van der Waals surface area contributed by atoms with Crippen LogP contribution in [0.4, 0.5) is 26.2 Å². The Hall–Kier alpha value is -10.5. The van der Waals surface area contributed by atoms with Crippen LogP contribution in [0.5, 0.6) is 17.2 Å². The minimum Gasteiger partial charge on any atom is -0.488 e. The van der Waals surface area contributed by atoms with Crippen molar-refractivity contribution in [1.29, 1.82) is 0 Å². The standard InChI is InChI=1S/C36H42FN3O5.C35H40FN3O5.C34H39N3O5/c1-23-25(10-9-24-11-15-39(16-12-28(23)24)27-13-17-44-18-14-27)21-45-34-29(5-3-6-30(34)37)31-7-4-8-33(38-31)40-20-26-19-36(26,35(41)42)32(40)22-43-2;1-22-15-23(16-24-9-12-38(19-28(22)24)26-10-13-43-14-11-26)20-44-33-27(5-3-6-29(33)36)30-7-4-8-32(37-30)39-18-25-17-35(25,34(40)41)31(39)21-42-2;1-21-5-3-6-27(28-7-4-8-31(35-28)37-18-30-32(34(38)39)29(37)20-41-30)33(21)42-19-24-10-9-23-17-36(14-11-26(23)22(24)2)25-12-15-40-16-13-25/h3-10,26-27,32H,11-22H2,1-2H3,(H,41,42);3-8,15-16,25-26,31H,9-14,17-21H2,1-2H3,(H,40,41);3-10,25,29-30,32H,11-20H2,1-2H3,(H,38,39)/t26-,32+,36+;25-,31+,35+;/m00./s1. The average molecular weight is 1790 g/mol. The van der Waals surface area contributed by atoms with Crippen LogP contribution in [-0.4, -0.2) is 225 Å². The third-order valence-electron chi connectivity index (χ3n) is 30.8. The average Bonchev–Trinajstić information content (AvgIpc) is 1.53. The Morgan fingerprint density at radius 1 is 0.458 bits per heavy atom. The number of halogens is 2. The monoisotopic (exact) mass is 1790 g/mol. The van der Waals surface area contributed by atoms with Gasteiger partial charge in [-0.1, -0.05) is 78.9 Å². The lowest BCUT2D eigenvalue weighted by atomic mass is 9.90. The number of aryl methyl sites for hydroxylation is 2. The van der Waals surface area contributed by atoms with Gasteiger partial charge in [0.2, 0.25) is 0 Å². The summed E-state index contributed by atoms with van der Waals surface area (Å²) in [5, 5.41) is 29.7. The lowest BCUT2D eigenvalue weighted by Crippen LogP contribution is -2.43. The van der Waals surface area contributed by atoms with Gasteiger partial charge in [0.15, 0.2) is 23.1 Å². The smallest absolute Gasteiger partial charge is 0.312 e. The van der Waals surface area contributed by atoms with Crippen molar-refractivity contribution >= 4 is 35.4 Å². The summed E-state index contributed by atoms with van der Waals surface area (Å²) >= 11 is 0. The van der Waals surface area contributed by atoms with Gasteiger partial charge in [0, 0.05) is 148 Å². The summed E-state index contributed by atoms with van der Waals surface area (Å²) in [4.78, 5) is 65.1. The number of aliphatic carboxylic acids is 3. The molecule has 131 heavy (non-hydrogen) atoms. The molecule has 0 spiro atoms. The molecule has 24 nitrogen and oxygen atoms in total. The zero-order valence-electron chi connectivity index (χ0n) is 76.0. The Balaban J connectivity index is 0.000000127. The second-order valence-corrected chi connectivity index (χ2v) is 37.9. The van der Waals surface area contributed by atoms with E-state index in [9.17, 15) is 29.7 Å². The first-order chi connectivity index (χ1) is 63.8. The van der Waals surface area contributed by atoms with Gasteiger partial charge in [-0.05, 0) is 256 Å². The number of carbonyl (C=O) groups is 3. The van der Waals surface area contributed by atoms with Crippen molar-refractivity contribution in [2.45, 2.75) is 180 Å². The highest BCUT2D eigenvalue weighted by Gasteiger charge is 2.72. The number of hydrogen-bond acceptors (Lipinski definition) is 21. The van der Waals surface area contributed by atoms with Gasteiger partial charge in [-0.2, -0.15) is 0 Å². The molecule has 3 N–H and O–H groups in total. The fourth-order valence-corrected chi connectivity index (χ4v) is 23.3. The van der Waals surface area contributed by atoms with Gasteiger partial charge in [0.05, 0.1) is 72.0 Å². The Morgan fingerprint density at radius 3 is 1.42 bits per heavy atom. The molecule has 9 atom stereocenters. The van der Waals surface area contributed by atoms with Crippen LogP contribution in [0.15, 0.2) is 146 Å². The van der Waals surface area contributed by atoms with Gasteiger partial charge < -0.3 is 72.7 Å². The molecule has 690 valence electrons. The Kier molecular flexibility index (Phi) is 26.4. The molecule has 13 heterocycles. The maximum absolute atomic E-state index is 15.4. The fourth-order valence-electron chi connectivity index (χ4n) is 23.3. The predicted molar refractivity (Wildman–Crippen MR) is 493 cm³/mol. The third-order valence-corrected chi connectivity index (χ3v) is 30.8. The van der Waals surface area contributed by atoms with E-state index in [1.54, 1.807) is 26.4 Å². The van der Waals surface area contributed by atoms with Crippen molar-refractivity contribution in [1.82, 2.24) is 29.7 Å². The van der Waals surface area contributed by atoms with Crippen molar-refractivity contribution in [2.75, 3.05) is 134 Å². The van der Waals surface area contributed by atoms with E-state index < -0.39 is 46.3 Å². The lowest BCUT2D eigenvalue weighted by molar-refractivity contribution is -0.145. The number of nitrogens with zero attached hydrogens (tertiary/aromatic N) is 9. The quantitative estimate of drug-likeness (QED) is 0.0481. The summed E-state index contributed by atoms with van der Waals surface area (Å²) in [5.74, 6) is -0.348. The number of aromatic nitrogens is 3. The van der Waals surface area contributed by atoms with E-state index in [4.69, 9.17) is 57.6 Å². The van der Waals surface area contributed by atoms with Gasteiger partial charge in [-0.25, -0.2) is 23.7 Å². The molecular weight excluding hydrogens is 1670 g/mol. The predicted octanol–water partition coefficient (Wildman–Crippen LogP) is 15.3. The number of piperidine rings is 2. The summed E-state index contributed by atoms with van der Waals surface area (Å²) in [6.07, 6.45) is 11.8. The number of benzene rings is 6. The highest BCUT2D eigenvalue weighted by atomic mass is 19.1. The highest BCUT2D eigenvalue weighted by molar-refractivity contribution is 5.84. The van der Waals surface area contributed by atoms with E-state index in [0.717, 1.165) is 183 Å². The molecule has 2 saturated carbocycles. The van der Waals surface area contributed by atoms with E-state index in [0.29, 0.717) is 111 Å². The number of pyridine rings is 3. The summed E-state index contributed by atoms with van der Waals surface area (Å²) in [6, 6.07) is 47.4. The first kappa shape index (κ1) is 89.7. The van der Waals surface area contributed by atoms with Crippen LogP contribution in [-0.2, 0) is 101 Å². The number of anilines is 3. The van der Waals surface area contributed by atoms with Crippen LogP contribution in [0.25, 0.3) is 33.8 Å². The number of carboxylic acid groups (broad SMARTS) is 3. The minimum absolute atomic E-state index is 0.0720. The lowest BCUT2D eigenvalue weighted by Gasteiger charge is -2.38. The van der Waals surface area contributed by atoms with Crippen LogP contribution in [0.1, 0.15) is 124 Å². The van der Waals surface area contributed by atoms with Crippen molar-refractivity contribution in [3.05, 3.63) is 230 Å². The van der Waals surface area contributed by atoms with Crippen molar-refractivity contribution in [3.8, 4) is 51.0 Å². The number of fused-ring (bicyclic) bond motifs is 7. The Labute approximate surface area is 765 Å². The van der Waals surface area contributed by atoms with E-state index >= 15 is 8.78 Å². The molecule has 6 aromatic carbocycles. The number of methoxy groups -OCH3 is 2. The van der Waals surface area contributed by atoms with E-state index in [1.165, 1.54) is 67.8 Å². The molecule has 12 aliphatic rings. The maximum Gasteiger partial charge on any atom is 0.312 e. The topological polar surface area (TPSA) is 253 Å². The second kappa shape index (κ2) is 38.6. The zero-order chi connectivity index (χ0) is 90.3. The van der Waals surface area contributed by atoms with Crippen molar-refractivity contribution < 1.29 is 81.1 Å². The van der Waals surface area contributed by atoms with E-state index in [2.05, 4.69) is 95.8 Å². The normalized spacial score (nSPS) is 24.7. The van der Waals surface area contributed by atoms with Crippen LogP contribution >= 0.6 is 0 Å². The SMILES string of the molecule is COC[C@H]1N(c2cccc(-c3cccc(F)c3OCc3cc(C)c4c(c3)CCN(C3CCOCC3)C4)n2)C[C@@H]2C[C@@]21C(=O)O.COC[C@H]1N(c2cccc(-c3cccc(F)c3OCc3ccc4c(c3C)CCN(C3CCOCC3)CC4)n2)C[C@@H]2C[C@@]21C(=O)O.Cc1cccc(-c2cccc(N3CC4OCC3C4C(=O)O)n2)c1OCc1ccc2c(c1C)CCN(C1CCOCC1)C2. The number of ether oxygens (including phenoxy) is 9. The van der Waals surface area contributed by atoms with Gasteiger partial charge in [-0.15, -0.1) is 0 Å². The molecule has 26 heteroatoms. The molecular formula is C105H121F2N9O15. The molecule has 10 aliphatic heterocycles. The van der Waals surface area contributed by atoms with Crippen LogP contribution in [0.3, 0.4) is 0 Å². The summed E-state index contributed by atoms with van der Waals surface area (Å²) in [7, 11) is 3.19. The molecule has 2 aliphatic carbocycles. The molecule has 2 bridgehead atoms. The van der Waals surface area contributed by atoms with Crippen LogP contribution in [0.2, 0.25) is 0 Å². The summed E-state index contributed by atoms with van der Waals surface area (Å²) in [6.45, 7) is 23.8. The number of carboxylic acids is 3. The number of hydrogen-bond donors (Lipinski definition) is 3. The van der Waals surface area contributed by atoms with Gasteiger partial charge in [0.1, 0.15) is 48.9 Å². The Morgan fingerprint density at radius 2 is 0.901 bits per heavy atom. The molecule has 0 amide bonds. The largest absolute Gasteiger partial charge is 0.488 e. The van der Waals surface area contributed by atoms with Crippen molar-refractivity contribution in [3.63, 3.8) is 0 Å². The third kappa shape index (κ3) is 17.9. The molecule has 9 fully saturated rings. The molecule has 0 radical (unpaired) electrons. The number of para-hydroxylation sites is 3. The van der Waals surface area contributed by atoms with E-state index in [1.807, 2.05) is 82.6 Å². The first-order valence-corrected chi connectivity index (χ1v) is 47.1. The minimum atomic E-state index is -0.801. The Bertz CT molecular complexity index is 5710. The molecule has 7 saturated heterocycles. The highest BCUT2D eigenvalue weighted by Crippen LogP contribution is 2.64. The molecule has 3 unspecified atom stereocenters.